The van der Waals surface area contributed by atoms with Gasteiger partial charge in [0.05, 0.1) is 22.1 Å². The molecule has 5 nitrogen and oxygen atoms in total. The van der Waals surface area contributed by atoms with Gasteiger partial charge < -0.3 is 27.3 Å². The van der Waals surface area contributed by atoms with Crippen LogP contribution in [0.1, 0.15) is 21.2 Å². The van der Waals surface area contributed by atoms with Crippen LogP contribution in [0.4, 0.5) is 0 Å². The van der Waals surface area contributed by atoms with Crippen LogP contribution in [-0.4, -0.2) is 28.8 Å². The van der Waals surface area contributed by atoms with E-state index in [2.05, 4.69) is 15.3 Å². The fourth-order valence-corrected chi connectivity index (χ4v) is 3.95. The molecular weight excluding hydrogens is 390 g/mol. The summed E-state index contributed by atoms with van der Waals surface area (Å²) in [7, 11) is 0. The van der Waals surface area contributed by atoms with E-state index >= 15 is 0 Å². The number of fused-ring (bicyclic) bond motifs is 1. The van der Waals surface area contributed by atoms with Gasteiger partial charge in [0.2, 0.25) is 0 Å². The van der Waals surface area contributed by atoms with Gasteiger partial charge in [-0.05, 0) is 29.1 Å². The lowest BCUT2D eigenvalue weighted by molar-refractivity contribution is -0.0000128. The van der Waals surface area contributed by atoms with Gasteiger partial charge in [0.25, 0.3) is 5.56 Å². The zero-order chi connectivity index (χ0) is 15.8. The second kappa shape index (κ2) is 6.96. The van der Waals surface area contributed by atoms with Gasteiger partial charge in [-0.15, -0.1) is 11.3 Å². The summed E-state index contributed by atoms with van der Waals surface area (Å²) in [5, 5.41) is 5.82. The minimum absolute atomic E-state index is 0. The fourth-order valence-electron chi connectivity index (χ4n) is 3.22. The lowest BCUT2D eigenvalue weighted by atomic mass is 9.85. The van der Waals surface area contributed by atoms with Crippen LogP contribution in [0.2, 0.25) is 0 Å². The van der Waals surface area contributed by atoms with E-state index in [0.717, 1.165) is 17.0 Å². The highest BCUT2D eigenvalue weighted by Crippen LogP contribution is 2.32. The van der Waals surface area contributed by atoms with Crippen LogP contribution >= 0.6 is 11.3 Å². The number of ketones is 1. The first-order chi connectivity index (χ1) is 11.2. The number of hydrogen-bond donors (Lipinski definition) is 2. The van der Waals surface area contributed by atoms with E-state index in [1.807, 2.05) is 29.6 Å². The van der Waals surface area contributed by atoms with E-state index < -0.39 is 0 Å². The monoisotopic (exact) mass is 404 g/mol. The number of aromatic nitrogens is 2. The lowest BCUT2D eigenvalue weighted by Crippen LogP contribution is -3.00. The Morgan fingerprint density at radius 2 is 2.12 bits per heavy atom. The number of benzene rings is 1. The largest absolute Gasteiger partial charge is 1.00 e. The van der Waals surface area contributed by atoms with Crippen LogP contribution in [0.15, 0.2) is 46.8 Å². The van der Waals surface area contributed by atoms with Gasteiger partial charge in [-0.3, -0.25) is 9.59 Å². The molecular formula is C17H15BrN3O2S-. The number of aromatic amines is 1. The molecule has 0 radical (unpaired) electrons. The Labute approximate surface area is 152 Å². The molecule has 0 bridgehead atoms. The van der Waals surface area contributed by atoms with Crippen molar-refractivity contribution in [3.8, 4) is 0 Å². The van der Waals surface area contributed by atoms with Crippen molar-refractivity contribution in [1.29, 1.82) is 0 Å². The van der Waals surface area contributed by atoms with Crippen LogP contribution in [0.3, 0.4) is 0 Å². The number of thiophene rings is 1. The van der Waals surface area contributed by atoms with E-state index in [9.17, 15) is 9.59 Å². The van der Waals surface area contributed by atoms with Crippen molar-refractivity contribution in [1.82, 2.24) is 15.3 Å². The van der Waals surface area contributed by atoms with Crippen molar-refractivity contribution >= 4 is 28.0 Å². The van der Waals surface area contributed by atoms with Crippen molar-refractivity contribution in [3.05, 3.63) is 62.8 Å². The Morgan fingerprint density at radius 3 is 2.92 bits per heavy atom. The molecule has 1 fully saturated rings. The highest BCUT2D eigenvalue weighted by Gasteiger charge is 2.34. The number of rotatable bonds is 3. The smallest absolute Gasteiger partial charge is 0.258 e. The Balaban J connectivity index is 0.00000169. The number of nitrogens with zero attached hydrogens (tertiary/aromatic N) is 1. The molecule has 3 aromatic rings. The van der Waals surface area contributed by atoms with Gasteiger partial charge in [-0.2, -0.15) is 0 Å². The summed E-state index contributed by atoms with van der Waals surface area (Å²) in [4.78, 5) is 32.1. The summed E-state index contributed by atoms with van der Waals surface area (Å²) >= 11 is 1.48. The third-order valence-corrected chi connectivity index (χ3v) is 5.29. The fraction of sp³-hybridized carbons (Fsp3) is 0.235. The predicted molar refractivity (Wildman–Crippen MR) is 90.1 cm³/mol. The van der Waals surface area contributed by atoms with Crippen molar-refractivity contribution in [2.24, 2.45) is 5.92 Å². The van der Waals surface area contributed by atoms with Crippen LogP contribution in [0, 0.1) is 5.92 Å². The summed E-state index contributed by atoms with van der Waals surface area (Å²) < 4.78 is 0. The minimum atomic E-state index is -0.141. The van der Waals surface area contributed by atoms with E-state index in [-0.39, 0.29) is 40.2 Å². The van der Waals surface area contributed by atoms with E-state index in [4.69, 9.17) is 0 Å². The van der Waals surface area contributed by atoms with Crippen molar-refractivity contribution < 1.29 is 21.8 Å². The summed E-state index contributed by atoms with van der Waals surface area (Å²) in [6, 6.07) is 9.44. The summed E-state index contributed by atoms with van der Waals surface area (Å²) in [6.07, 6.45) is 1.41. The number of Topliss-reactive ketones (excluding diaryl/α,β-unsaturated/α-hetero) is 1. The topological polar surface area (TPSA) is 74.8 Å². The number of halogens is 1. The maximum atomic E-state index is 12.7. The minimum Gasteiger partial charge on any atom is -1.00 e. The van der Waals surface area contributed by atoms with Crippen LogP contribution in [0.5, 0.6) is 0 Å². The molecule has 2 atom stereocenters. The average Bonchev–Trinajstić information content (AvgIpc) is 3.26. The number of carbonyl (C=O) groups is 1. The summed E-state index contributed by atoms with van der Waals surface area (Å²) in [5.41, 5.74) is 1.58. The first-order valence-corrected chi connectivity index (χ1v) is 8.38. The molecule has 24 heavy (non-hydrogen) atoms. The summed E-state index contributed by atoms with van der Waals surface area (Å²) in [6.45, 7) is 1.44. The number of H-pyrrole nitrogens is 1. The quantitative estimate of drug-likeness (QED) is 0.559. The van der Waals surface area contributed by atoms with Gasteiger partial charge in [0.15, 0.2) is 5.78 Å². The van der Waals surface area contributed by atoms with Gasteiger partial charge in [-0.1, -0.05) is 12.1 Å². The predicted octanol–water partition coefficient (Wildman–Crippen LogP) is -0.825. The molecule has 4 rings (SSSR count). The molecule has 124 valence electrons. The maximum Gasteiger partial charge on any atom is 0.258 e. The average molecular weight is 405 g/mol. The van der Waals surface area contributed by atoms with Gasteiger partial charge in [0, 0.05) is 24.9 Å². The van der Waals surface area contributed by atoms with Gasteiger partial charge >= 0.3 is 0 Å². The second-order valence-corrected chi connectivity index (χ2v) is 6.67. The Kier molecular flexibility index (Phi) is 4.93. The van der Waals surface area contributed by atoms with Crippen molar-refractivity contribution in [2.45, 2.75) is 5.92 Å². The first-order valence-electron chi connectivity index (χ1n) is 7.50. The molecule has 0 spiro atoms. The zero-order valence-corrected chi connectivity index (χ0v) is 15.1. The Hall–Kier alpha value is -1.83. The van der Waals surface area contributed by atoms with Crippen molar-refractivity contribution in [3.63, 3.8) is 0 Å². The van der Waals surface area contributed by atoms with Gasteiger partial charge in [0.1, 0.15) is 0 Å². The molecule has 0 unspecified atom stereocenters. The molecule has 2 aromatic heterocycles. The zero-order valence-electron chi connectivity index (χ0n) is 12.7. The molecule has 1 aromatic carbocycles. The molecule has 2 N–H and O–H groups in total. The Morgan fingerprint density at radius 1 is 1.25 bits per heavy atom. The van der Waals surface area contributed by atoms with Crippen LogP contribution in [0.25, 0.3) is 10.9 Å². The molecule has 0 saturated carbocycles. The molecule has 1 saturated heterocycles. The van der Waals surface area contributed by atoms with E-state index in [0.29, 0.717) is 17.4 Å². The highest BCUT2D eigenvalue weighted by atomic mass is 79.9. The van der Waals surface area contributed by atoms with Crippen molar-refractivity contribution in [2.75, 3.05) is 13.1 Å². The molecule has 0 amide bonds. The highest BCUT2D eigenvalue weighted by molar-refractivity contribution is 7.12. The third kappa shape index (κ3) is 2.94. The molecule has 7 heteroatoms. The SMILES string of the molecule is O=C(c1cccs1)[C@H]1CNC[C@@H]1c1ccc2c(=O)[nH]cnc2c1.[Br-]. The number of hydrogen-bond acceptors (Lipinski definition) is 5. The van der Waals surface area contributed by atoms with Crippen LogP contribution in [-0.2, 0) is 0 Å². The molecule has 1 aliphatic heterocycles. The number of nitrogens with one attached hydrogen (secondary N) is 2. The molecule has 1 aliphatic rings. The standard InChI is InChI=1S/C17H15N3O2S.BrH/c21-16(15-2-1-5-23-15)13-8-18-7-12(13)10-3-4-11-14(6-10)19-9-20-17(11)22;/h1-6,9,12-13,18H,7-8H2,(H,19,20,22);1H/p-1/t12-,13+;/m1./s1. The molecule has 3 heterocycles. The second-order valence-electron chi connectivity index (χ2n) is 5.72. The van der Waals surface area contributed by atoms with Gasteiger partial charge in [-0.25, -0.2) is 4.98 Å². The molecule has 0 aliphatic carbocycles. The Bertz CT molecular complexity index is 923. The third-order valence-electron chi connectivity index (χ3n) is 4.41. The van der Waals surface area contributed by atoms with E-state index in [1.54, 1.807) is 6.07 Å². The first kappa shape index (κ1) is 17.0. The normalized spacial score (nSPS) is 20.0. The number of carbonyl (C=O) groups excluding carboxylic acids is 1. The summed E-state index contributed by atoms with van der Waals surface area (Å²) in [5.74, 6) is 0.220. The maximum absolute atomic E-state index is 12.7. The van der Waals surface area contributed by atoms with E-state index in [1.165, 1.54) is 17.7 Å². The van der Waals surface area contributed by atoms with Crippen LogP contribution < -0.4 is 27.9 Å². The lowest BCUT2D eigenvalue weighted by Gasteiger charge is -2.17.